The van der Waals surface area contributed by atoms with Gasteiger partial charge >= 0.3 is 0 Å². The standard InChI is InChI=1S/C22H27BrN2O3/c1-5-21(26)24-18-7-6-8-19(15(18)4)25-22(27)16-9-10-20(17(23)13-16)28-12-11-14(2)3/h6-10,13-14H,5,11-12H2,1-4H3,(H,24,26)(H,25,27). The average molecular weight is 447 g/mol. The first kappa shape index (κ1) is 22.0. The van der Waals surface area contributed by atoms with E-state index in [1.54, 1.807) is 31.2 Å². The van der Waals surface area contributed by atoms with Crippen molar-refractivity contribution in [1.82, 2.24) is 0 Å². The minimum absolute atomic E-state index is 0.0661. The molecule has 0 saturated heterocycles. The van der Waals surface area contributed by atoms with Gasteiger partial charge in [0.25, 0.3) is 5.91 Å². The molecule has 0 bridgehead atoms. The Bertz CT molecular complexity index is 850. The Balaban J connectivity index is 2.09. The number of hydrogen-bond donors (Lipinski definition) is 2. The van der Waals surface area contributed by atoms with E-state index >= 15 is 0 Å². The van der Waals surface area contributed by atoms with Crippen LogP contribution in [0.5, 0.6) is 5.75 Å². The van der Waals surface area contributed by atoms with E-state index in [1.807, 2.05) is 19.1 Å². The van der Waals surface area contributed by atoms with Crippen molar-refractivity contribution in [3.05, 3.63) is 52.0 Å². The minimum atomic E-state index is -0.225. The molecule has 6 heteroatoms. The van der Waals surface area contributed by atoms with E-state index in [0.29, 0.717) is 35.9 Å². The second-order valence-corrected chi connectivity index (χ2v) is 7.86. The van der Waals surface area contributed by atoms with Crippen molar-refractivity contribution < 1.29 is 14.3 Å². The highest BCUT2D eigenvalue weighted by molar-refractivity contribution is 9.10. The third kappa shape index (κ3) is 6.09. The van der Waals surface area contributed by atoms with Crippen LogP contribution in [-0.2, 0) is 4.79 Å². The van der Waals surface area contributed by atoms with Crippen LogP contribution in [0.2, 0.25) is 0 Å². The van der Waals surface area contributed by atoms with Crippen LogP contribution >= 0.6 is 15.9 Å². The fraction of sp³-hybridized carbons (Fsp3) is 0.364. The Hall–Kier alpha value is -2.34. The molecule has 2 N–H and O–H groups in total. The molecule has 0 aliphatic rings. The Morgan fingerprint density at radius 3 is 2.39 bits per heavy atom. The molecular weight excluding hydrogens is 420 g/mol. The van der Waals surface area contributed by atoms with Gasteiger partial charge in [0.05, 0.1) is 11.1 Å². The number of nitrogens with one attached hydrogen (secondary N) is 2. The maximum absolute atomic E-state index is 12.7. The first-order valence-electron chi connectivity index (χ1n) is 9.45. The number of halogens is 1. The summed E-state index contributed by atoms with van der Waals surface area (Å²) >= 11 is 3.48. The smallest absolute Gasteiger partial charge is 0.255 e. The van der Waals surface area contributed by atoms with Crippen LogP contribution in [0.1, 0.15) is 49.5 Å². The van der Waals surface area contributed by atoms with Crippen molar-refractivity contribution in [2.45, 2.75) is 40.5 Å². The van der Waals surface area contributed by atoms with Crippen LogP contribution in [0.15, 0.2) is 40.9 Å². The van der Waals surface area contributed by atoms with Gasteiger partial charge < -0.3 is 15.4 Å². The van der Waals surface area contributed by atoms with Crippen molar-refractivity contribution in [3.8, 4) is 5.75 Å². The molecule has 5 nitrogen and oxygen atoms in total. The van der Waals surface area contributed by atoms with Gasteiger partial charge in [-0.15, -0.1) is 0 Å². The molecule has 0 atom stereocenters. The van der Waals surface area contributed by atoms with Gasteiger partial charge in [-0.05, 0) is 71.1 Å². The Morgan fingerprint density at radius 1 is 1.11 bits per heavy atom. The largest absolute Gasteiger partial charge is 0.492 e. The van der Waals surface area contributed by atoms with Crippen molar-refractivity contribution in [2.24, 2.45) is 5.92 Å². The van der Waals surface area contributed by atoms with Crippen LogP contribution in [-0.4, -0.2) is 18.4 Å². The predicted molar refractivity (Wildman–Crippen MR) is 117 cm³/mol. The fourth-order valence-electron chi connectivity index (χ4n) is 2.50. The Labute approximate surface area is 175 Å². The van der Waals surface area contributed by atoms with Crippen LogP contribution in [0, 0.1) is 12.8 Å². The van der Waals surface area contributed by atoms with Crippen LogP contribution in [0.4, 0.5) is 11.4 Å². The summed E-state index contributed by atoms with van der Waals surface area (Å²) in [6.45, 7) is 8.59. The molecule has 0 fully saturated rings. The van der Waals surface area contributed by atoms with Gasteiger partial charge in [-0.2, -0.15) is 0 Å². The first-order chi connectivity index (χ1) is 13.3. The molecule has 0 radical (unpaired) electrons. The minimum Gasteiger partial charge on any atom is -0.492 e. The van der Waals surface area contributed by atoms with Crippen molar-refractivity contribution in [1.29, 1.82) is 0 Å². The fourth-order valence-corrected chi connectivity index (χ4v) is 3.00. The molecule has 0 spiro atoms. The van der Waals surface area contributed by atoms with E-state index < -0.39 is 0 Å². The highest BCUT2D eigenvalue weighted by Crippen LogP contribution is 2.28. The highest BCUT2D eigenvalue weighted by atomic mass is 79.9. The Kier molecular flexibility index (Phi) is 8.05. The number of ether oxygens (including phenoxy) is 1. The van der Waals surface area contributed by atoms with Crippen molar-refractivity contribution in [2.75, 3.05) is 17.2 Å². The maximum atomic E-state index is 12.7. The molecule has 2 amide bonds. The van der Waals surface area contributed by atoms with E-state index in [1.165, 1.54) is 0 Å². The van der Waals surface area contributed by atoms with E-state index in [0.717, 1.165) is 22.2 Å². The summed E-state index contributed by atoms with van der Waals surface area (Å²) in [7, 11) is 0. The predicted octanol–water partition coefficient (Wildman–Crippen LogP) is 5.78. The third-order valence-electron chi connectivity index (χ3n) is 4.32. The van der Waals surface area contributed by atoms with Gasteiger partial charge in [0.15, 0.2) is 0 Å². The summed E-state index contributed by atoms with van der Waals surface area (Å²) in [6.07, 6.45) is 1.37. The molecule has 0 aliphatic carbocycles. The summed E-state index contributed by atoms with van der Waals surface area (Å²) in [5.74, 6) is 1.00. The highest BCUT2D eigenvalue weighted by Gasteiger charge is 2.13. The summed E-state index contributed by atoms with van der Waals surface area (Å²) < 4.78 is 6.50. The molecular formula is C22H27BrN2O3. The Morgan fingerprint density at radius 2 is 1.79 bits per heavy atom. The molecule has 2 rings (SSSR count). The van der Waals surface area contributed by atoms with Gasteiger partial charge in [-0.1, -0.05) is 26.8 Å². The number of carbonyl (C=O) groups is 2. The van der Waals surface area contributed by atoms with Crippen LogP contribution < -0.4 is 15.4 Å². The molecule has 0 aliphatic heterocycles. The van der Waals surface area contributed by atoms with Crippen LogP contribution in [0.3, 0.4) is 0 Å². The summed E-state index contributed by atoms with van der Waals surface area (Å²) in [5, 5.41) is 5.75. The molecule has 0 saturated carbocycles. The van der Waals surface area contributed by atoms with Gasteiger partial charge in [-0.3, -0.25) is 9.59 Å². The molecule has 0 heterocycles. The lowest BCUT2D eigenvalue weighted by molar-refractivity contribution is -0.115. The van der Waals surface area contributed by atoms with Crippen molar-refractivity contribution in [3.63, 3.8) is 0 Å². The second-order valence-electron chi connectivity index (χ2n) is 7.01. The SMILES string of the molecule is CCC(=O)Nc1cccc(NC(=O)c2ccc(OCCC(C)C)c(Br)c2)c1C. The molecule has 2 aromatic rings. The lowest BCUT2D eigenvalue weighted by Crippen LogP contribution is -2.15. The molecule has 150 valence electrons. The lowest BCUT2D eigenvalue weighted by atomic mass is 10.1. The lowest BCUT2D eigenvalue weighted by Gasteiger charge is -2.14. The summed E-state index contributed by atoms with van der Waals surface area (Å²) in [5.41, 5.74) is 2.68. The number of rotatable bonds is 8. The van der Waals surface area contributed by atoms with Crippen LogP contribution in [0.25, 0.3) is 0 Å². The molecule has 0 aromatic heterocycles. The third-order valence-corrected chi connectivity index (χ3v) is 4.94. The normalized spacial score (nSPS) is 10.6. The first-order valence-corrected chi connectivity index (χ1v) is 10.2. The zero-order valence-electron chi connectivity index (χ0n) is 16.8. The van der Waals surface area contributed by atoms with E-state index in [4.69, 9.17) is 4.74 Å². The van der Waals surface area contributed by atoms with E-state index in [2.05, 4.69) is 40.4 Å². The summed E-state index contributed by atoms with van der Waals surface area (Å²) in [6, 6.07) is 10.7. The molecule has 28 heavy (non-hydrogen) atoms. The maximum Gasteiger partial charge on any atom is 0.255 e. The van der Waals surface area contributed by atoms with E-state index in [9.17, 15) is 9.59 Å². The average Bonchev–Trinajstić information content (AvgIpc) is 2.65. The number of anilines is 2. The zero-order chi connectivity index (χ0) is 20.7. The topological polar surface area (TPSA) is 67.4 Å². The van der Waals surface area contributed by atoms with Crippen molar-refractivity contribution >= 4 is 39.1 Å². The van der Waals surface area contributed by atoms with Gasteiger partial charge in [0, 0.05) is 23.4 Å². The number of amides is 2. The number of carbonyl (C=O) groups excluding carboxylic acids is 2. The quantitative estimate of drug-likeness (QED) is 0.539. The van der Waals surface area contributed by atoms with Gasteiger partial charge in [-0.25, -0.2) is 0 Å². The molecule has 2 aromatic carbocycles. The number of benzene rings is 2. The summed E-state index contributed by atoms with van der Waals surface area (Å²) in [4.78, 5) is 24.3. The second kappa shape index (κ2) is 10.3. The monoisotopic (exact) mass is 446 g/mol. The van der Waals surface area contributed by atoms with Gasteiger partial charge in [0.2, 0.25) is 5.91 Å². The number of hydrogen-bond acceptors (Lipinski definition) is 3. The van der Waals surface area contributed by atoms with Gasteiger partial charge in [0.1, 0.15) is 5.75 Å². The van der Waals surface area contributed by atoms with E-state index in [-0.39, 0.29) is 11.8 Å². The molecule has 0 unspecified atom stereocenters. The zero-order valence-corrected chi connectivity index (χ0v) is 18.4.